The Balaban J connectivity index is 1.54. The van der Waals surface area contributed by atoms with Gasteiger partial charge in [-0.15, -0.1) is 0 Å². The Morgan fingerprint density at radius 2 is 1.67 bits per heavy atom. The molecule has 0 spiro atoms. The van der Waals surface area contributed by atoms with E-state index in [2.05, 4.69) is 10.6 Å². The van der Waals surface area contributed by atoms with Gasteiger partial charge >= 0.3 is 0 Å². The van der Waals surface area contributed by atoms with Crippen molar-refractivity contribution >= 4 is 29.1 Å². The third-order valence-electron chi connectivity index (χ3n) is 5.41. The van der Waals surface area contributed by atoms with Gasteiger partial charge in [-0.1, -0.05) is 12.1 Å². The number of nitrogens with zero attached hydrogens (tertiary/aromatic N) is 1. The van der Waals surface area contributed by atoms with E-state index < -0.39 is 17.5 Å². The standard InChI is InChI=1S/C25H21F2N3O3/c1-15(31)28-14-24(32)30-11-10-17-12-18(4-9-23(17)30)25(33)29-22-8-7-20(27)13-21(22)16-2-5-19(26)6-3-16/h2-9,12-13H,10-11,14H2,1H3,(H,28,31)(H,29,33). The van der Waals surface area contributed by atoms with E-state index in [4.69, 9.17) is 0 Å². The third kappa shape index (κ3) is 4.90. The molecule has 0 aromatic heterocycles. The van der Waals surface area contributed by atoms with E-state index >= 15 is 0 Å². The summed E-state index contributed by atoms with van der Waals surface area (Å²) in [4.78, 5) is 38.0. The van der Waals surface area contributed by atoms with E-state index in [0.717, 1.165) is 5.56 Å². The molecule has 33 heavy (non-hydrogen) atoms. The Hall–Kier alpha value is -4.07. The lowest BCUT2D eigenvalue weighted by molar-refractivity contribution is -0.123. The SMILES string of the molecule is CC(=O)NCC(=O)N1CCc2cc(C(=O)Nc3ccc(F)cc3-c3ccc(F)cc3)ccc21. The number of hydrogen-bond donors (Lipinski definition) is 2. The smallest absolute Gasteiger partial charge is 0.255 e. The van der Waals surface area contributed by atoms with E-state index in [0.29, 0.717) is 41.0 Å². The lowest BCUT2D eigenvalue weighted by Gasteiger charge is -2.18. The van der Waals surface area contributed by atoms with Crippen LogP contribution in [-0.2, 0) is 16.0 Å². The molecule has 6 nitrogen and oxygen atoms in total. The van der Waals surface area contributed by atoms with Gasteiger partial charge in [-0.2, -0.15) is 0 Å². The van der Waals surface area contributed by atoms with Crippen molar-refractivity contribution in [1.29, 1.82) is 0 Å². The van der Waals surface area contributed by atoms with Crippen LogP contribution in [0.3, 0.4) is 0 Å². The highest BCUT2D eigenvalue weighted by Gasteiger charge is 2.25. The number of benzene rings is 3. The molecule has 0 unspecified atom stereocenters. The second kappa shape index (κ2) is 9.20. The number of rotatable bonds is 5. The van der Waals surface area contributed by atoms with Gasteiger partial charge in [-0.3, -0.25) is 14.4 Å². The number of halogens is 2. The lowest BCUT2D eigenvalue weighted by atomic mass is 10.0. The van der Waals surface area contributed by atoms with Gasteiger partial charge in [0.25, 0.3) is 5.91 Å². The van der Waals surface area contributed by atoms with Crippen molar-refractivity contribution < 1.29 is 23.2 Å². The van der Waals surface area contributed by atoms with Gasteiger partial charge in [-0.25, -0.2) is 8.78 Å². The molecule has 8 heteroatoms. The van der Waals surface area contributed by atoms with E-state index in [-0.39, 0.29) is 18.4 Å². The van der Waals surface area contributed by atoms with Crippen LogP contribution in [-0.4, -0.2) is 30.8 Å². The van der Waals surface area contributed by atoms with Gasteiger partial charge in [0.1, 0.15) is 11.6 Å². The molecule has 3 aromatic carbocycles. The van der Waals surface area contributed by atoms with E-state index in [1.165, 1.54) is 49.4 Å². The Morgan fingerprint density at radius 1 is 0.939 bits per heavy atom. The summed E-state index contributed by atoms with van der Waals surface area (Å²) in [6.45, 7) is 1.72. The van der Waals surface area contributed by atoms with Gasteiger partial charge in [0.05, 0.1) is 6.54 Å². The maximum absolute atomic E-state index is 13.9. The summed E-state index contributed by atoms with van der Waals surface area (Å²) >= 11 is 0. The summed E-state index contributed by atoms with van der Waals surface area (Å²) in [5.41, 5.74) is 3.32. The fraction of sp³-hybridized carbons (Fsp3) is 0.160. The average Bonchev–Trinajstić information content (AvgIpc) is 3.22. The molecular formula is C25H21F2N3O3. The van der Waals surface area contributed by atoms with Gasteiger partial charge in [0.2, 0.25) is 11.8 Å². The molecule has 2 N–H and O–H groups in total. The molecule has 0 saturated carbocycles. The Bertz CT molecular complexity index is 1240. The average molecular weight is 449 g/mol. The fourth-order valence-corrected chi connectivity index (χ4v) is 3.79. The molecule has 168 valence electrons. The molecule has 0 bridgehead atoms. The van der Waals surface area contributed by atoms with Crippen molar-refractivity contribution in [3.63, 3.8) is 0 Å². The monoisotopic (exact) mass is 449 g/mol. The summed E-state index contributed by atoms with van der Waals surface area (Å²) in [5.74, 6) is -1.79. The number of amides is 3. The Morgan fingerprint density at radius 3 is 2.39 bits per heavy atom. The number of carbonyl (C=O) groups excluding carboxylic acids is 3. The van der Waals surface area contributed by atoms with Crippen molar-refractivity contribution in [3.05, 3.63) is 83.4 Å². The minimum Gasteiger partial charge on any atom is -0.347 e. The zero-order valence-corrected chi connectivity index (χ0v) is 17.8. The molecule has 0 radical (unpaired) electrons. The fourth-order valence-electron chi connectivity index (χ4n) is 3.79. The highest BCUT2D eigenvalue weighted by molar-refractivity contribution is 6.07. The van der Waals surface area contributed by atoms with Crippen LogP contribution in [0.5, 0.6) is 0 Å². The molecular weight excluding hydrogens is 428 g/mol. The van der Waals surface area contributed by atoms with Crippen molar-refractivity contribution in [2.45, 2.75) is 13.3 Å². The normalized spacial score (nSPS) is 12.3. The predicted molar refractivity (Wildman–Crippen MR) is 121 cm³/mol. The van der Waals surface area contributed by atoms with Crippen molar-refractivity contribution in [1.82, 2.24) is 5.32 Å². The largest absolute Gasteiger partial charge is 0.347 e. The molecule has 0 atom stereocenters. The van der Waals surface area contributed by atoms with Gasteiger partial charge < -0.3 is 15.5 Å². The zero-order valence-electron chi connectivity index (χ0n) is 17.8. The molecule has 1 aliphatic rings. The minimum absolute atomic E-state index is 0.0895. The minimum atomic E-state index is -0.478. The predicted octanol–water partition coefficient (Wildman–Crippen LogP) is 3.91. The topological polar surface area (TPSA) is 78.5 Å². The number of nitrogens with one attached hydrogen (secondary N) is 2. The van der Waals surface area contributed by atoms with E-state index in [1.807, 2.05) is 0 Å². The van der Waals surface area contributed by atoms with Crippen LogP contribution in [0.1, 0.15) is 22.8 Å². The Kier molecular flexibility index (Phi) is 6.17. The first-order valence-corrected chi connectivity index (χ1v) is 10.4. The number of fused-ring (bicyclic) bond motifs is 1. The molecule has 0 fully saturated rings. The zero-order chi connectivity index (χ0) is 23.5. The Labute approximate surface area is 189 Å². The van der Waals surface area contributed by atoms with Crippen LogP contribution in [0.15, 0.2) is 60.7 Å². The molecule has 4 rings (SSSR count). The van der Waals surface area contributed by atoms with Crippen LogP contribution in [0.2, 0.25) is 0 Å². The van der Waals surface area contributed by atoms with Gasteiger partial charge in [0.15, 0.2) is 0 Å². The van der Waals surface area contributed by atoms with E-state index in [1.54, 1.807) is 23.1 Å². The number of anilines is 2. The second-order valence-electron chi connectivity index (χ2n) is 7.70. The first kappa shape index (κ1) is 22.1. The first-order chi connectivity index (χ1) is 15.8. The summed E-state index contributed by atoms with van der Waals surface area (Å²) < 4.78 is 27.2. The maximum atomic E-state index is 13.9. The second-order valence-corrected chi connectivity index (χ2v) is 7.70. The van der Waals surface area contributed by atoms with Crippen LogP contribution < -0.4 is 15.5 Å². The molecule has 1 heterocycles. The molecule has 3 aromatic rings. The number of hydrogen-bond acceptors (Lipinski definition) is 3. The van der Waals surface area contributed by atoms with Crippen molar-refractivity contribution in [3.8, 4) is 11.1 Å². The maximum Gasteiger partial charge on any atom is 0.255 e. The van der Waals surface area contributed by atoms with Gasteiger partial charge in [0, 0.05) is 36.0 Å². The molecule has 0 saturated heterocycles. The summed E-state index contributed by atoms with van der Waals surface area (Å²) in [7, 11) is 0. The van der Waals surface area contributed by atoms with Crippen molar-refractivity contribution in [2.24, 2.45) is 0 Å². The summed E-state index contributed by atoms with van der Waals surface area (Å²) in [6, 6.07) is 14.6. The van der Waals surface area contributed by atoms with E-state index in [9.17, 15) is 23.2 Å². The van der Waals surface area contributed by atoms with Crippen LogP contribution in [0, 0.1) is 11.6 Å². The van der Waals surface area contributed by atoms with Crippen LogP contribution in [0.25, 0.3) is 11.1 Å². The summed E-state index contributed by atoms with van der Waals surface area (Å²) in [5, 5.41) is 5.29. The quantitative estimate of drug-likeness (QED) is 0.620. The van der Waals surface area contributed by atoms with Gasteiger partial charge in [-0.05, 0) is 66.1 Å². The molecule has 0 aliphatic carbocycles. The highest BCUT2D eigenvalue weighted by atomic mass is 19.1. The van der Waals surface area contributed by atoms with Crippen LogP contribution >= 0.6 is 0 Å². The molecule has 1 aliphatic heterocycles. The number of carbonyl (C=O) groups is 3. The first-order valence-electron chi connectivity index (χ1n) is 10.4. The third-order valence-corrected chi connectivity index (χ3v) is 5.41. The molecule has 3 amide bonds. The van der Waals surface area contributed by atoms with Crippen molar-refractivity contribution in [2.75, 3.05) is 23.3 Å². The highest BCUT2D eigenvalue weighted by Crippen LogP contribution is 2.31. The summed E-state index contributed by atoms with van der Waals surface area (Å²) in [6.07, 6.45) is 0.583. The van der Waals surface area contributed by atoms with Crippen LogP contribution in [0.4, 0.5) is 20.2 Å². The lowest BCUT2D eigenvalue weighted by Crippen LogP contribution is -2.38.